The molecule has 0 aromatic heterocycles. The van der Waals surface area contributed by atoms with Crippen LogP contribution < -0.4 is 11.1 Å². The minimum Gasteiger partial charge on any atom is -0.449 e. The smallest absolute Gasteiger partial charge is 0.404 e. The number of rotatable bonds is 6. The normalized spacial score (nSPS) is 14.7. The second-order valence-corrected chi connectivity index (χ2v) is 6.18. The van der Waals surface area contributed by atoms with Crippen molar-refractivity contribution in [2.45, 2.75) is 24.7 Å². The Morgan fingerprint density at radius 3 is 2.29 bits per heavy atom. The van der Waals surface area contributed by atoms with Gasteiger partial charge in [0.2, 0.25) is 5.91 Å². The second kappa shape index (κ2) is 6.74. The molecule has 3 N–H and O–H groups in total. The van der Waals surface area contributed by atoms with Gasteiger partial charge in [-0.2, -0.15) is 0 Å². The molecule has 0 unspecified atom stereocenters. The summed E-state index contributed by atoms with van der Waals surface area (Å²) in [5.74, 6) is -0.0489. The van der Waals surface area contributed by atoms with Crippen LogP contribution in [0.5, 0.6) is 0 Å². The molecule has 0 heterocycles. The third-order valence-electron chi connectivity index (χ3n) is 4.33. The fourth-order valence-corrected chi connectivity index (χ4v) is 2.77. The maximum atomic E-state index is 12.1. The number of benzene rings is 2. The molecule has 5 nitrogen and oxygen atoms in total. The summed E-state index contributed by atoms with van der Waals surface area (Å²) in [6.45, 7) is 0.308. The molecular formula is C19H20N2O3. The first kappa shape index (κ1) is 16.1. The van der Waals surface area contributed by atoms with E-state index in [0.717, 1.165) is 29.7 Å². The number of carbonyl (C=O) groups is 2. The Morgan fingerprint density at radius 1 is 1.04 bits per heavy atom. The summed E-state index contributed by atoms with van der Waals surface area (Å²) in [6.07, 6.45) is 1.55. The van der Waals surface area contributed by atoms with Gasteiger partial charge in [-0.25, -0.2) is 4.79 Å². The molecule has 2 amide bonds. The summed E-state index contributed by atoms with van der Waals surface area (Å²) in [4.78, 5) is 22.9. The summed E-state index contributed by atoms with van der Waals surface area (Å²) >= 11 is 0. The molecule has 2 aromatic rings. The molecule has 0 spiro atoms. The van der Waals surface area contributed by atoms with E-state index >= 15 is 0 Å². The van der Waals surface area contributed by atoms with E-state index in [4.69, 9.17) is 10.5 Å². The van der Waals surface area contributed by atoms with Gasteiger partial charge in [-0.15, -0.1) is 0 Å². The van der Waals surface area contributed by atoms with Crippen molar-refractivity contribution in [1.82, 2.24) is 0 Å². The molecule has 3 rings (SSSR count). The van der Waals surface area contributed by atoms with Crippen LogP contribution in [0.4, 0.5) is 10.5 Å². The maximum Gasteiger partial charge on any atom is 0.404 e. The van der Waals surface area contributed by atoms with Gasteiger partial charge in [0.1, 0.15) is 6.61 Å². The summed E-state index contributed by atoms with van der Waals surface area (Å²) in [6, 6.07) is 17.3. The van der Waals surface area contributed by atoms with Gasteiger partial charge in [-0.05, 0) is 36.1 Å². The quantitative estimate of drug-likeness (QED) is 0.857. The van der Waals surface area contributed by atoms with Gasteiger partial charge in [0.05, 0.1) is 6.42 Å². The number of hydrogen-bond donors (Lipinski definition) is 2. The molecule has 0 radical (unpaired) electrons. The van der Waals surface area contributed by atoms with E-state index in [0.29, 0.717) is 13.0 Å². The van der Waals surface area contributed by atoms with Crippen LogP contribution in [0.1, 0.15) is 24.0 Å². The van der Waals surface area contributed by atoms with Crippen LogP contribution in [0.25, 0.3) is 0 Å². The predicted octanol–water partition coefficient (Wildman–Crippen LogP) is 2.99. The summed E-state index contributed by atoms with van der Waals surface area (Å²) < 4.78 is 4.95. The Labute approximate surface area is 140 Å². The van der Waals surface area contributed by atoms with E-state index in [1.54, 1.807) is 0 Å². The van der Waals surface area contributed by atoms with Crippen molar-refractivity contribution in [2.24, 2.45) is 5.73 Å². The van der Waals surface area contributed by atoms with Crippen molar-refractivity contribution in [3.63, 3.8) is 0 Å². The average molecular weight is 324 g/mol. The lowest BCUT2D eigenvalue weighted by Gasteiger charge is -2.15. The third-order valence-corrected chi connectivity index (χ3v) is 4.33. The molecular weight excluding hydrogens is 304 g/mol. The van der Waals surface area contributed by atoms with Crippen molar-refractivity contribution in [3.8, 4) is 0 Å². The third kappa shape index (κ3) is 3.93. The SMILES string of the molecule is NC(=O)OCC1(c2ccc(NC(=O)Cc3ccccc3)cc2)CC1. The highest BCUT2D eigenvalue weighted by atomic mass is 16.5. The number of carbonyl (C=O) groups excluding carboxylic acids is 2. The number of anilines is 1. The van der Waals surface area contributed by atoms with Crippen LogP contribution >= 0.6 is 0 Å². The molecule has 5 heteroatoms. The molecule has 0 bridgehead atoms. The van der Waals surface area contributed by atoms with Crippen LogP contribution in [0.2, 0.25) is 0 Å². The summed E-state index contributed by atoms with van der Waals surface area (Å²) in [5.41, 5.74) is 7.77. The van der Waals surface area contributed by atoms with Gasteiger partial charge >= 0.3 is 6.09 Å². The highest BCUT2D eigenvalue weighted by Gasteiger charge is 2.45. The van der Waals surface area contributed by atoms with E-state index in [2.05, 4.69) is 5.32 Å². The summed E-state index contributed by atoms with van der Waals surface area (Å²) in [5, 5.41) is 2.90. The van der Waals surface area contributed by atoms with Gasteiger partial charge in [-0.1, -0.05) is 42.5 Å². The predicted molar refractivity (Wildman–Crippen MR) is 91.7 cm³/mol. The van der Waals surface area contributed by atoms with Crippen molar-refractivity contribution >= 4 is 17.7 Å². The fraction of sp³-hybridized carbons (Fsp3) is 0.263. The van der Waals surface area contributed by atoms with Gasteiger partial charge in [-0.3, -0.25) is 4.79 Å². The Balaban J connectivity index is 1.59. The van der Waals surface area contributed by atoms with Gasteiger partial charge < -0.3 is 15.8 Å². The average Bonchev–Trinajstić information content (AvgIpc) is 3.36. The molecule has 0 saturated heterocycles. The van der Waals surface area contributed by atoms with Crippen LogP contribution in [0, 0.1) is 0 Å². The second-order valence-electron chi connectivity index (χ2n) is 6.18. The van der Waals surface area contributed by atoms with Crippen molar-refractivity contribution < 1.29 is 14.3 Å². The molecule has 0 aliphatic heterocycles. The Hall–Kier alpha value is -2.82. The standard InChI is InChI=1S/C19H20N2O3/c20-18(23)24-13-19(10-11-19)15-6-8-16(9-7-15)21-17(22)12-14-4-2-1-3-5-14/h1-9H,10-13H2,(H2,20,23)(H,21,22). The molecule has 2 aromatic carbocycles. The number of nitrogens with one attached hydrogen (secondary N) is 1. The van der Waals surface area contributed by atoms with E-state index in [1.165, 1.54) is 0 Å². The van der Waals surface area contributed by atoms with Gasteiger partial charge in [0.25, 0.3) is 0 Å². The Bertz CT molecular complexity index is 722. The molecule has 1 fully saturated rings. The van der Waals surface area contributed by atoms with Crippen LogP contribution in [0.15, 0.2) is 54.6 Å². The first-order valence-corrected chi connectivity index (χ1v) is 7.94. The first-order chi connectivity index (χ1) is 11.6. The van der Waals surface area contributed by atoms with Crippen molar-refractivity contribution in [2.75, 3.05) is 11.9 Å². The van der Waals surface area contributed by atoms with E-state index < -0.39 is 6.09 Å². The number of hydrogen-bond acceptors (Lipinski definition) is 3. The van der Waals surface area contributed by atoms with E-state index in [9.17, 15) is 9.59 Å². The fourth-order valence-electron chi connectivity index (χ4n) is 2.77. The van der Waals surface area contributed by atoms with E-state index in [1.807, 2.05) is 54.6 Å². The van der Waals surface area contributed by atoms with Crippen LogP contribution in [-0.2, 0) is 21.4 Å². The van der Waals surface area contributed by atoms with E-state index in [-0.39, 0.29) is 11.3 Å². The highest BCUT2D eigenvalue weighted by molar-refractivity contribution is 5.92. The summed E-state index contributed by atoms with van der Waals surface area (Å²) in [7, 11) is 0. The molecule has 124 valence electrons. The Morgan fingerprint density at radius 2 is 1.71 bits per heavy atom. The molecule has 1 aliphatic carbocycles. The largest absolute Gasteiger partial charge is 0.449 e. The topological polar surface area (TPSA) is 81.4 Å². The maximum absolute atomic E-state index is 12.1. The van der Waals surface area contributed by atoms with Gasteiger partial charge in [0, 0.05) is 11.1 Å². The minimum atomic E-state index is -0.744. The lowest BCUT2D eigenvalue weighted by molar-refractivity contribution is -0.115. The zero-order valence-electron chi connectivity index (χ0n) is 13.3. The lowest BCUT2D eigenvalue weighted by Crippen LogP contribution is -2.22. The minimum absolute atomic E-state index is 0.0489. The highest BCUT2D eigenvalue weighted by Crippen LogP contribution is 2.48. The van der Waals surface area contributed by atoms with Crippen molar-refractivity contribution in [3.05, 3.63) is 65.7 Å². The number of ether oxygens (including phenoxy) is 1. The molecule has 24 heavy (non-hydrogen) atoms. The Kier molecular flexibility index (Phi) is 4.51. The van der Waals surface area contributed by atoms with Crippen molar-refractivity contribution in [1.29, 1.82) is 0 Å². The molecule has 0 atom stereocenters. The lowest BCUT2D eigenvalue weighted by atomic mass is 9.97. The molecule has 1 aliphatic rings. The first-order valence-electron chi connectivity index (χ1n) is 7.94. The zero-order chi connectivity index (χ0) is 17.0. The monoisotopic (exact) mass is 324 g/mol. The zero-order valence-corrected chi connectivity index (χ0v) is 13.3. The number of primary amides is 1. The molecule has 1 saturated carbocycles. The van der Waals surface area contributed by atoms with Gasteiger partial charge in [0.15, 0.2) is 0 Å². The number of nitrogens with two attached hydrogens (primary N) is 1. The number of amides is 2. The van der Waals surface area contributed by atoms with Crippen LogP contribution in [0.3, 0.4) is 0 Å². The van der Waals surface area contributed by atoms with Crippen LogP contribution in [-0.4, -0.2) is 18.6 Å².